The van der Waals surface area contributed by atoms with Gasteiger partial charge in [0.15, 0.2) is 0 Å². The van der Waals surface area contributed by atoms with E-state index in [0.717, 1.165) is 15.7 Å². The van der Waals surface area contributed by atoms with Crippen LogP contribution in [0.1, 0.15) is 0 Å². The SMILES string of the molecule is Cn1ncc(-c2ccccc2O)c1Br. The molecule has 0 aliphatic rings. The van der Waals surface area contributed by atoms with Crippen LogP contribution in [0.3, 0.4) is 0 Å². The van der Waals surface area contributed by atoms with Gasteiger partial charge in [0.1, 0.15) is 10.4 Å². The Balaban J connectivity index is 2.60. The van der Waals surface area contributed by atoms with Gasteiger partial charge in [-0.05, 0) is 22.0 Å². The summed E-state index contributed by atoms with van der Waals surface area (Å²) in [6, 6.07) is 7.20. The first kappa shape index (κ1) is 9.27. The molecule has 0 fully saturated rings. The van der Waals surface area contributed by atoms with Gasteiger partial charge in [0, 0.05) is 18.2 Å². The van der Waals surface area contributed by atoms with E-state index in [9.17, 15) is 5.11 Å². The number of aromatic hydroxyl groups is 1. The molecule has 0 aliphatic carbocycles. The van der Waals surface area contributed by atoms with Gasteiger partial charge < -0.3 is 5.11 Å². The molecule has 3 nitrogen and oxygen atoms in total. The normalized spacial score (nSPS) is 10.4. The zero-order chi connectivity index (χ0) is 10.1. The van der Waals surface area contributed by atoms with Crippen molar-refractivity contribution in [3.05, 3.63) is 35.1 Å². The molecule has 72 valence electrons. The lowest BCUT2D eigenvalue weighted by molar-refractivity contribution is 0.477. The molecule has 0 amide bonds. The molecule has 1 aromatic heterocycles. The van der Waals surface area contributed by atoms with E-state index in [2.05, 4.69) is 21.0 Å². The number of phenols is 1. The van der Waals surface area contributed by atoms with Crippen LogP contribution < -0.4 is 0 Å². The van der Waals surface area contributed by atoms with Crippen LogP contribution in [-0.4, -0.2) is 14.9 Å². The second-order valence-corrected chi connectivity index (χ2v) is 3.74. The molecule has 14 heavy (non-hydrogen) atoms. The number of nitrogens with zero attached hydrogens (tertiary/aromatic N) is 2. The Morgan fingerprint density at radius 3 is 2.57 bits per heavy atom. The van der Waals surface area contributed by atoms with Gasteiger partial charge in [-0.25, -0.2) is 0 Å². The Kier molecular flexibility index (Phi) is 2.29. The third-order valence-corrected chi connectivity index (χ3v) is 3.00. The summed E-state index contributed by atoms with van der Waals surface area (Å²) < 4.78 is 2.57. The molecule has 0 saturated carbocycles. The molecule has 0 saturated heterocycles. The standard InChI is InChI=1S/C10H9BrN2O/c1-13-10(11)8(6-12-13)7-4-2-3-5-9(7)14/h2-6,14H,1H3. The second kappa shape index (κ2) is 3.46. The van der Waals surface area contributed by atoms with Gasteiger partial charge in [-0.15, -0.1) is 0 Å². The number of hydrogen-bond donors (Lipinski definition) is 1. The van der Waals surface area contributed by atoms with E-state index in [0.29, 0.717) is 0 Å². The average Bonchev–Trinajstić information content (AvgIpc) is 2.49. The molecule has 0 aliphatic heterocycles. The molecule has 1 N–H and O–H groups in total. The lowest BCUT2D eigenvalue weighted by atomic mass is 10.1. The molecule has 1 heterocycles. The first-order chi connectivity index (χ1) is 6.70. The van der Waals surface area contributed by atoms with Crippen molar-refractivity contribution in [2.24, 2.45) is 7.05 Å². The number of aromatic nitrogens is 2. The van der Waals surface area contributed by atoms with Crippen LogP contribution >= 0.6 is 15.9 Å². The van der Waals surface area contributed by atoms with Crippen molar-refractivity contribution in [1.82, 2.24) is 9.78 Å². The van der Waals surface area contributed by atoms with Crippen LogP contribution in [0.2, 0.25) is 0 Å². The first-order valence-electron chi connectivity index (χ1n) is 4.16. The Morgan fingerprint density at radius 2 is 2.00 bits per heavy atom. The number of halogens is 1. The fraction of sp³-hybridized carbons (Fsp3) is 0.100. The molecule has 2 rings (SSSR count). The van der Waals surface area contributed by atoms with Gasteiger partial charge in [-0.3, -0.25) is 4.68 Å². The van der Waals surface area contributed by atoms with E-state index in [1.165, 1.54) is 0 Å². The molecular formula is C10H9BrN2O. The van der Waals surface area contributed by atoms with E-state index < -0.39 is 0 Å². The quantitative estimate of drug-likeness (QED) is 0.848. The maximum atomic E-state index is 9.64. The smallest absolute Gasteiger partial charge is 0.123 e. The van der Waals surface area contributed by atoms with E-state index in [4.69, 9.17) is 0 Å². The Bertz CT molecular complexity index is 465. The van der Waals surface area contributed by atoms with Gasteiger partial charge >= 0.3 is 0 Å². The minimum absolute atomic E-state index is 0.265. The Morgan fingerprint density at radius 1 is 1.29 bits per heavy atom. The third kappa shape index (κ3) is 1.42. The maximum absolute atomic E-state index is 9.64. The maximum Gasteiger partial charge on any atom is 0.123 e. The lowest BCUT2D eigenvalue weighted by Crippen LogP contribution is -1.88. The summed E-state index contributed by atoms with van der Waals surface area (Å²) in [4.78, 5) is 0. The highest BCUT2D eigenvalue weighted by atomic mass is 79.9. The van der Waals surface area contributed by atoms with E-state index in [-0.39, 0.29) is 5.75 Å². The zero-order valence-electron chi connectivity index (χ0n) is 7.61. The molecule has 0 bridgehead atoms. The van der Waals surface area contributed by atoms with Crippen LogP contribution in [0.15, 0.2) is 35.1 Å². The summed E-state index contributed by atoms with van der Waals surface area (Å²) in [7, 11) is 1.84. The lowest BCUT2D eigenvalue weighted by Gasteiger charge is -2.01. The number of hydrogen-bond acceptors (Lipinski definition) is 2. The molecule has 1 aromatic carbocycles. The van der Waals surface area contributed by atoms with Gasteiger partial charge in [-0.1, -0.05) is 18.2 Å². The number of para-hydroxylation sites is 1. The van der Waals surface area contributed by atoms with Crippen LogP contribution in [-0.2, 0) is 7.05 Å². The number of phenolic OH excluding ortho intramolecular Hbond substituents is 1. The van der Waals surface area contributed by atoms with Crippen molar-refractivity contribution < 1.29 is 5.11 Å². The van der Waals surface area contributed by atoms with Crippen LogP contribution in [0, 0.1) is 0 Å². The number of rotatable bonds is 1. The van der Waals surface area contributed by atoms with Gasteiger partial charge in [0.25, 0.3) is 0 Å². The summed E-state index contributed by atoms with van der Waals surface area (Å²) in [5.74, 6) is 0.265. The molecular weight excluding hydrogens is 244 g/mol. The number of benzene rings is 1. The molecule has 4 heteroatoms. The molecule has 0 spiro atoms. The molecule has 0 unspecified atom stereocenters. The van der Waals surface area contributed by atoms with Crippen molar-refractivity contribution in [2.45, 2.75) is 0 Å². The number of aryl methyl sites for hydroxylation is 1. The van der Waals surface area contributed by atoms with Crippen molar-refractivity contribution in [3.8, 4) is 16.9 Å². The van der Waals surface area contributed by atoms with Crippen molar-refractivity contribution in [1.29, 1.82) is 0 Å². The monoisotopic (exact) mass is 252 g/mol. The Hall–Kier alpha value is -1.29. The van der Waals surface area contributed by atoms with E-state index >= 15 is 0 Å². The predicted octanol–water partition coefficient (Wildman–Crippen LogP) is 2.56. The van der Waals surface area contributed by atoms with Crippen molar-refractivity contribution in [2.75, 3.05) is 0 Å². The summed E-state index contributed by atoms with van der Waals surface area (Å²) in [5, 5.41) is 13.7. The molecule has 0 radical (unpaired) electrons. The minimum Gasteiger partial charge on any atom is -0.507 e. The van der Waals surface area contributed by atoms with Gasteiger partial charge in [0.2, 0.25) is 0 Å². The molecule has 0 atom stereocenters. The first-order valence-corrected chi connectivity index (χ1v) is 4.95. The molecule has 2 aromatic rings. The minimum atomic E-state index is 0.265. The van der Waals surface area contributed by atoms with Crippen molar-refractivity contribution >= 4 is 15.9 Å². The summed E-state index contributed by atoms with van der Waals surface area (Å²) in [6.07, 6.45) is 1.72. The average molecular weight is 253 g/mol. The highest BCUT2D eigenvalue weighted by molar-refractivity contribution is 9.10. The van der Waals surface area contributed by atoms with Gasteiger partial charge in [-0.2, -0.15) is 5.10 Å². The summed E-state index contributed by atoms with van der Waals surface area (Å²) >= 11 is 3.41. The summed E-state index contributed by atoms with van der Waals surface area (Å²) in [5.41, 5.74) is 1.68. The fourth-order valence-corrected chi connectivity index (χ4v) is 1.71. The zero-order valence-corrected chi connectivity index (χ0v) is 9.19. The van der Waals surface area contributed by atoms with Crippen LogP contribution in [0.5, 0.6) is 5.75 Å². The second-order valence-electron chi connectivity index (χ2n) is 2.99. The topological polar surface area (TPSA) is 38.0 Å². The summed E-state index contributed by atoms with van der Waals surface area (Å²) in [6.45, 7) is 0. The van der Waals surface area contributed by atoms with Gasteiger partial charge in [0.05, 0.1) is 6.20 Å². The van der Waals surface area contributed by atoms with E-state index in [1.807, 2.05) is 19.2 Å². The van der Waals surface area contributed by atoms with Crippen molar-refractivity contribution in [3.63, 3.8) is 0 Å². The predicted molar refractivity (Wildman–Crippen MR) is 58.0 cm³/mol. The van der Waals surface area contributed by atoms with Crippen LogP contribution in [0.4, 0.5) is 0 Å². The largest absolute Gasteiger partial charge is 0.507 e. The highest BCUT2D eigenvalue weighted by Crippen LogP contribution is 2.33. The highest BCUT2D eigenvalue weighted by Gasteiger charge is 2.10. The van der Waals surface area contributed by atoms with Crippen LogP contribution in [0.25, 0.3) is 11.1 Å². The van der Waals surface area contributed by atoms with E-state index in [1.54, 1.807) is 23.0 Å². The third-order valence-electron chi connectivity index (χ3n) is 2.06. The fourth-order valence-electron chi connectivity index (χ4n) is 1.30. The Labute approximate surface area is 90.1 Å².